The lowest BCUT2D eigenvalue weighted by atomic mass is 9.81. The second-order valence-corrected chi connectivity index (χ2v) is 6.63. The van der Waals surface area contributed by atoms with Crippen LogP contribution in [0.4, 0.5) is 0 Å². The molecule has 0 amide bonds. The van der Waals surface area contributed by atoms with Gasteiger partial charge in [0.05, 0.1) is 23.6 Å². The van der Waals surface area contributed by atoms with Gasteiger partial charge in [-0.1, -0.05) is 36.4 Å². The Morgan fingerprint density at radius 2 is 1.89 bits per heavy atom. The largest absolute Gasteiger partial charge is 0.462 e. The number of hydrogen-bond acceptors (Lipinski definition) is 5. The summed E-state index contributed by atoms with van der Waals surface area (Å²) in [6.07, 6.45) is 0. The van der Waals surface area contributed by atoms with E-state index in [0.717, 1.165) is 16.5 Å². The Bertz CT molecular complexity index is 1180. The molecule has 0 unspecified atom stereocenters. The number of para-hydroxylation sites is 1. The number of carbonyl (C=O) groups excluding carboxylic acids is 1. The van der Waals surface area contributed by atoms with Gasteiger partial charge in [-0.15, -0.1) is 0 Å². The summed E-state index contributed by atoms with van der Waals surface area (Å²) in [4.78, 5) is 28.7. The normalized spacial score (nSPS) is 15.9. The molecule has 6 nitrogen and oxygen atoms in total. The number of nitrogens with two attached hydrogens (primary N) is 1. The number of benzene rings is 2. The molecular formula is C22H20N2O4. The smallest absolute Gasteiger partial charge is 0.340 e. The van der Waals surface area contributed by atoms with E-state index in [9.17, 15) is 9.59 Å². The third-order valence-corrected chi connectivity index (χ3v) is 4.96. The minimum absolute atomic E-state index is 0.0463. The molecule has 0 saturated carbocycles. The number of carbonyl (C=O) groups is 1. The van der Waals surface area contributed by atoms with Crippen molar-refractivity contribution in [2.24, 2.45) is 5.73 Å². The number of aromatic nitrogens is 1. The summed E-state index contributed by atoms with van der Waals surface area (Å²) >= 11 is 0. The van der Waals surface area contributed by atoms with Crippen molar-refractivity contribution in [1.29, 1.82) is 0 Å². The molecular weight excluding hydrogens is 356 g/mol. The highest BCUT2D eigenvalue weighted by atomic mass is 16.5. The summed E-state index contributed by atoms with van der Waals surface area (Å²) in [5.41, 5.74) is 8.74. The molecule has 2 aromatic carbocycles. The maximum Gasteiger partial charge on any atom is 0.340 e. The van der Waals surface area contributed by atoms with Crippen LogP contribution >= 0.6 is 0 Å². The van der Waals surface area contributed by atoms with E-state index in [-0.39, 0.29) is 23.6 Å². The number of fused-ring (bicyclic) bond motifs is 3. The molecule has 6 heteroatoms. The first-order valence-corrected chi connectivity index (χ1v) is 9.08. The van der Waals surface area contributed by atoms with Crippen LogP contribution in [-0.2, 0) is 9.53 Å². The van der Waals surface area contributed by atoms with Gasteiger partial charge in [0.25, 0.3) is 5.56 Å². The minimum atomic E-state index is -0.683. The third-order valence-electron chi connectivity index (χ3n) is 4.96. The van der Waals surface area contributed by atoms with Crippen LogP contribution in [0.3, 0.4) is 0 Å². The van der Waals surface area contributed by atoms with Crippen LogP contribution < -0.4 is 16.0 Å². The van der Waals surface area contributed by atoms with E-state index in [1.54, 1.807) is 13.0 Å². The van der Waals surface area contributed by atoms with Gasteiger partial charge in [-0.25, -0.2) is 4.79 Å². The Morgan fingerprint density at radius 1 is 1.18 bits per heavy atom. The summed E-state index contributed by atoms with van der Waals surface area (Å²) in [5.74, 6) is -0.947. The zero-order valence-corrected chi connectivity index (χ0v) is 15.6. The highest BCUT2D eigenvalue weighted by Crippen LogP contribution is 2.44. The van der Waals surface area contributed by atoms with Crippen LogP contribution in [-0.4, -0.2) is 17.6 Å². The molecule has 1 aromatic heterocycles. The van der Waals surface area contributed by atoms with E-state index in [1.807, 2.05) is 49.4 Å². The monoisotopic (exact) mass is 376 g/mol. The number of pyridine rings is 1. The summed E-state index contributed by atoms with van der Waals surface area (Å²) in [7, 11) is 0. The van der Waals surface area contributed by atoms with E-state index < -0.39 is 11.9 Å². The number of aromatic amines is 1. The maximum absolute atomic E-state index is 13.1. The van der Waals surface area contributed by atoms with Gasteiger partial charge in [0.15, 0.2) is 0 Å². The third kappa shape index (κ3) is 2.74. The summed E-state index contributed by atoms with van der Waals surface area (Å²) in [5, 5.41) is 0.724. The van der Waals surface area contributed by atoms with Crippen LogP contribution in [0.2, 0.25) is 0 Å². The second-order valence-electron chi connectivity index (χ2n) is 6.63. The van der Waals surface area contributed by atoms with Crippen molar-refractivity contribution in [3.63, 3.8) is 0 Å². The Hall–Kier alpha value is -3.54. The molecule has 2 heterocycles. The first-order valence-electron chi connectivity index (χ1n) is 9.08. The maximum atomic E-state index is 13.1. The van der Waals surface area contributed by atoms with Crippen molar-refractivity contribution in [3.05, 3.63) is 87.0 Å². The molecule has 4 rings (SSSR count). The predicted octanol–water partition coefficient (Wildman–Crippen LogP) is 3.09. The molecule has 1 aliphatic rings. The Labute approximate surface area is 161 Å². The number of esters is 1. The van der Waals surface area contributed by atoms with Crippen LogP contribution in [0.5, 0.6) is 5.75 Å². The number of hydrogen-bond donors (Lipinski definition) is 2. The Kier molecular flexibility index (Phi) is 4.39. The molecule has 0 saturated heterocycles. The average Bonchev–Trinajstić information content (AvgIpc) is 2.67. The van der Waals surface area contributed by atoms with Crippen LogP contribution in [0, 0.1) is 6.92 Å². The SMILES string of the molecule is CCOC(=O)C1=C(N)Oc2c(c(=O)[nH]c3ccccc23)[C@H]1c1ccccc1C. The average molecular weight is 376 g/mol. The number of rotatable bonds is 3. The van der Waals surface area contributed by atoms with Gasteiger partial charge in [0, 0.05) is 5.39 Å². The van der Waals surface area contributed by atoms with Crippen LogP contribution in [0.25, 0.3) is 10.9 Å². The molecule has 1 aliphatic heterocycles. The van der Waals surface area contributed by atoms with Gasteiger partial charge in [-0.3, -0.25) is 4.79 Å². The van der Waals surface area contributed by atoms with Gasteiger partial charge < -0.3 is 20.2 Å². The molecule has 142 valence electrons. The van der Waals surface area contributed by atoms with E-state index in [2.05, 4.69) is 4.98 Å². The lowest BCUT2D eigenvalue weighted by molar-refractivity contribution is -0.139. The first-order chi connectivity index (χ1) is 13.5. The number of ether oxygens (including phenoxy) is 2. The zero-order chi connectivity index (χ0) is 19.8. The highest BCUT2D eigenvalue weighted by Gasteiger charge is 2.39. The first kappa shape index (κ1) is 17.9. The topological polar surface area (TPSA) is 94.4 Å². The zero-order valence-electron chi connectivity index (χ0n) is 15.6. The fourth-order valence-corrected chi connectivity index (χ4v) is 3.70. The predicted molar refractivity (Wildman–Crippen MR) is 106 cm³/mol. The standard InChI is InChI=1S/C22H20N2O4/c1-3-27-22(26)18-16(13-9-5-4-8-12(13)2)17-19(28-20(18)23)14-10-6-7-11-15(14)24-21(17)25/h4-11,16H,3,23H2,1-2H3,(H,24,25)/t16-/m1/s1. The fraction of sp³-hybridized carbons (Fsp3) is 0.182. The Morgan fingerprint density at radius 3 is 2.64 bits per heavy atom. The van der Waals surface area contributed by atoms with Crippen molar-refractivity contribution in [2.75, 3.05) is 6.61 Å². The van der Waals surface area contributed by atoms with Gasteiger partial charge in [-0.05, 0) is 37.1 Å². The fourth-order valence-electron chi connectivity index (χ4n) is 3.70. The van der Waals surface area contributed by atoms with Crippen LogP contribution in [0.1, 0.15) is 29.5 Å². The van der Waals surface area contributed by atoms with Crippen LogP contribution in [0.15, 0.2) is 64.8 Å². The molecule has 0 fully saturated rings. The molecule has 3 N–H and O–H groups in total. The molecule has 0 radical (unpaired) electrons. The van der Waals surface area contributed by atoms with E-state index in [0.29, 0.717) is 16.8 Å². The van der Waals surface area contributed by atoms with Crippen molar-refractivity contribution in [3.8, 4) is 5.75 Å². The van der Waals surface area contributed by atoms with Gasteiger partial charge in [0.2, 0.25) is 5.88 Å². The number of H-pyrrole nitrogens is 1. The van der Waals surface area contributed by atoms with Crippen molar-refractivity contribution in [2.45, 2.75) is 19.8 Å². The molecule has 0 spiro atoms. The Balaban J connectivity index is 2.07. The van der Waals surface area contributed by atoms with Gasteiger partial charge in [-0.2, -0.15) is 0 Å². The minimum Gasteiger partial charge on any atom is -0.462 e. The quantitative estimate of drug-likeness (QED) is 0.685. The summed E-state index contributed by atoms with van der Waals surface area (Å²) in [6.45, 7) is 3.84. The lowest BCUT2D eigenvalue weighted by Gasteiger charge is -2.29. The number of aryl methyl sites for hydroxylation is 1. The van der Waals surface area contributed by atoms with E-state index in [4.69, 9.17) is 15.2 Å². The molecule has 28 heavy (non-hydrogen) atoms. The van der Waals surface area contributed by atoms with Gasteiger partial charge in [0.1, 0.15) is 11.3 Å². The second kappa shape index (κ2) is 6.88. The highest BCUT2D eigenvalue weighted by molar-refractivity contribution is 5.95. The molecule has 0 aliphatic carbocycles. The van der Waals surface area contributed by atoms with Gasteiger partial charge >= 0.3 is 5.97 Å². The summed E-state index contributed by atoms with van der Waals surface area (Å²) in [6, 6.07) is 14.9. The molecule has 3 aromatic rings. The van der Waals surface area contributed by atoms with E-state index >= 15 is 0 Å². The molecule has 1 atom stereocenters. The molecule has 0 bridgehead atoms. The number of nitrogens with one attached hydrogen (secondary N) is 1. The van der Waals surface area contributed by atoms with Crippen molar-refractivity contribution < 1.29 is 14.3 Å². The van der Waals surface area contributed by atoms with E-state index in [1.165, 1.54) is 0 Å². The van der Waals surface area contributed by atoms with Crippen molar-refractivity contribution >= 4 is 16.9 Å². The summed E-state index contributed by atoms with van der Waals surface area (Å²) < 4.78 is 11.1. The van der Waals surface area contributed by atoms with Crippen molar-refractivity contribution in [1.82, 2.24) is 4.98 Å². The lowest BCUT2D eigenvalue weighted by Crippen LogP contribution is -2.32.